The van der Waals surface area contributed by atoms with Crippen LogP contribution >= 0.6 is 0 Å². The number of hydrogen-bond acceptors (Lipinski definition) is 4. The van der Waals surface area contributed by atoms with Crippen LogP contribution in [0.1, 0.15) is 30.3 Å². The van der Waals surface area contributed by atoms with Gasteiger partial charge in [-0.2, -0.15) is 0 Å². The predicted molar refractivity (Wildman–Crippen MR) is 84.3 cm³/mol. The Morgan fingerprint density at radius 3 is 2.77 bits per heavy atom. The topological polar surface area (TPSA) is 70.4 Å². The first kappa shape index (κ1) is 16.0. The lowest BCUT2D eigenvalue weighted by Gasteiger charge is -2.23. The van der Waals surface area contributed by atoms with Gasteiger partial charge < -0.3 is 15.1 Å². The largest absolute Gasteiger partial charge is 0.468 e. The molecule has 0 saturated carbocycles. The normalized spacial score (nSPS) is 13.6. The third-order valence-electron chi connectivity index (χ3n) is 3.48. The van der Waals surface area contributed by atoms with Crippen LogP contribution in [0.3, 0.4) is 0 Å². The van der Waals surface area contributed by atoms with Gasteiger partial charge in [0.15, 0.2) is 0 Å². The minimum atomic E-state index is -0.213. The fourth-order valence-corrected chi connectivity index (χ4v) is 2.17. The molecule has 0 bridgehead atoms. The number of nitrogens with one attached hydrogen (secondary N) is 2. The van der Waals surface area contributed by atoms with E-state index in [0.29, 0.717) is 6.54 Å². The molecule has 0 aliphatic heterocycles. The van der Waals surface area contributed by atoms with Crippen molar-refractivity contribution < 1.29 is 9.21 Å². The Hall–Kier alpha value is -2.34. The monoisotopic (exact) mass is 302 g/mol. The van der Waals surface area contributed by atoms with Gasteiger partial charge in [-0.25, -0.2) is 4.79 Å². The molecule has 0 saturated heterocycles. The molecular weight excluding hydrogens is 280 g/mol. The van der Waals surface area contributed by atoms with Crippen molar-refractivity contribution in [2.75, 3.05) is 20.6 Å². The first-order chi connectivity index (χ1) is 10.6. The quantitative estimate of drug-likeness (QED) is 0.859. The molecule has 0 radical (unpaired) electrons. The summed E-state index contributed by atoms with van der Waals surface area (Å²) in [5.41, 5.74) is 0.966. The Bertz CT molecular complexity index is 569. The van der Waals surface area contributed by atoms with Gasteiger partial charge in [0.2, 0.25) is 0 Å². The second kappa shape index (κ2) is 7.61. The second-order valence-electron chi connectivity index (χ2n) is 5.36. The van der Waals surface area contributed by atoms with Crippen LogP contribution in [0.25, 0.3) is 0 Å². The summed E-state index contributed by atoms with van der Waals surface area (Å²) in [6.45, 7) is 2.39. The molecule has 2 heterocycles. The maximum atomic E-state index is 12.0. The zero-order valence-corrected chi connectivity index (χ0v) is 13.1. The number of carbonyl (C=O) groups excluding carboxylic acids is 1. The molecule has 2 unspecified atom stereocenters. The number of nitrogens with zero attached hydrogens (tertiary/aromatic N) is 2. The third-order valence-corrected chi connectivity index (χ3v) is 3.48. The van der Waals surface area contributed by atoms with Crippen molar-refractivity contribution in [2.24, 2.45) is 0 Å². The zero-order chi connectivity index (χ0) is 15.9. The van der Waals surface area contributed by atoms with E-state index in [0.717, 1.165) is 11.3 Å². The zero-order valence-electron chi connectivity index (χ0n) is 13.1. The molecule has 0 spiro atoms. The molecule has 2 amide bonds. The molecule has 2 aromatic rings. The number of pyridine rings is 1. The molecule has 6 nitrogen and oxygen atoms in total. The lowest BCUT2D eigenvalue weighted by molar-refractivity contribution is 0.223. The highest BCUT2D eigenvalue weighted by molar-refractivity contribution is 5.74. The highest BCUT2D eigenvalue weighted by Crippen LogP contribution is 2.17. The van der Waals surface area contributed by atoms with Gasteiger partial charge in [0.25, 0.3) is 0 Å². The molecule has 0 aromatic carbocycles. The number of likely N-dealkylation sites (N-methyl/N-ethyl adjacent to an activating group) is 1. The van der Waals surface area contributed by atoms with Crippen LogP contribution in [0.2, 0.25) is 0 Å². The number of carbonyl (C=O) groups is 1. The van der Waals surface area contributed by atoms with Crippen LogP contribution in [0.4, 0.5) is 4.79 Å². The Morgan fingerprint density at radius 2 is 2.18 bits per heavy atom. The van der Waals surface area contributed by atoms with Crippen LogP contribution in [-0.2, 0) is 0 Å². The van der Waals surface area contributed by atoms with Gasteiger partial charge in [-0.3, -0.25) is 9.88 Å². The van der Waals surface area contributed by atoms with Crippen molar-refractivity contribution in [3.05, 3.63) is 54.2 Å². The third kappa shape index (κ3) is 4.33. The van der Waals surface area contributed by atoms with E-state index in [4.69, 9.17) is 4.42 Å². The number of amides is 2. The first-order valence-corrected chi connectivity index (χ1v) is 7.22. The standard InChI is InChI=1S/C16H22N4O2/c1-12(13-6-4-8-17-10-13)19-16(21)18-11-14(20(2)3)15-7-5-9-22-15/h4-10,12,14H,11H2,1-3H3,(H2,18,19,21). The first-order valence-electron chi connectivity index (χ1n) is 7.22. The van der Waals surface area contributed by atoms with E-state index in [2.05, 4.69) is 15.6 Å². The molecule has 2 N–H and O–H groups in total. The molecular formula is C16H22N4O2. The summed E-state index contributed by atoms with van der Waals surface area (Å²) < 4.78 is 5.42. The van der Waals surface area contributed by atoms with E-state index < -0.39 is 0 Å². The summed E-state index contributed by atoms with van der Waals surface area (Å²) in [6.07, 6.45) is 5.09. The van der Waals surface area contributed by atoms with E-state index in [1.807, 2.05) is 50.2 Å². The van der Waals surface area contributed by atoms with Gasteiger partial charge >= 0.3 is 6.03 Å². The number of furan rings is 1. The van der Waals surface area contributed by atoms with E-state index in [1.54, 1.807) is 18.7 Å². The van der Waals surface area contributed by atoms with Crippen LogP contribution < -0.4 is 10.6 Å². The molecule has 0 aliphatic rings. The van der Waals surface area contributed by atoms with Crippen molar-refractivity contribution >= 4 is 6.03 Å². The Kier molecular flexibility index (Phi) is 5.55. The van der Waals surface area contributed by atoms with Gasteiger partial charge in [0, 0.05) is 18.9 Å². The summed E-state index contributed by atoms with van der Waals surface area (Å²) >= 11 is 0. The van der Waals surface area contributed by atoms with E-state index >= 15 is 0 Å². The molecule has 0 fully saturated rings. The Balaban J connectivity index is 1.86. The smallest absolute Gasteiger partial charge is 0.315 e. The summed E-state index contributed by atoms with van der Waals surface area (Å²) in [4.78, 5) is 18.1. The predicted octanol–water partition coefficient (Wildman–Crippen LogP) is 2.34. The van der Waals surface area contributed by atoms with Gasteiger partial charge in [-0.05, 0) is 44.8 Å². The Labute approximate surface area is 130 Å². The summed E-state index contributed by atoms with van der Waals surface area (Å²) in [5.74, 6) is 0.825. The van der Waals surface area contributed by atoms with Gasteiger partial charge in [-0.15, -0.1) is 0 Å². The molecule has 118 valence electrons. The van der Waals surface area contributed by atoms with Gasteiger partial charge in [0.1, 0.15) is 5.76 Å². The maximum Gasteiger partial charge on any atom is 0.315 e. The molecule has 0 aliphatic carbocycles. The molecule has 2 rings (SSSR count). The molecule has 2 aromatic heterocycles. The SMILES string of the molecule is CC(NC(=O)NCC(c1ccco1)N(C)C)c1cccnc1. The number of urea groups is 1. The lowest BCUT2D eigenvalue weighted by atomic mass is 10.1. The summed E-state index contributed by atoms with van der Waals surface area (Å²) in [7, 11) is 3.90. The van der Waals surface area contributed by atoms with E-state index in [9.17, 15) is 4.79 Å². The lowest BCUT2D eigenvalue weighted by Crippen LogP contribution is -2.41. The van der Waals surface area contributed by atoms with Crippen LogP contribution in [-0.4, -0.2) is 36.6 Å². The fourth-order valence-electron chi connectivity index (χ4n) is 2.17. The van der Waals surface area contributed by atoms with Crippen LogP contribution in [0.15, 0.2) is 47.3 Å². The van der Waals surface area contributed by atoms with Crippen molar-refractivity contribution in [3.8, 4) is 0 Å². The molecule has 6 heteroatoms. The highest BCUT2D eigenvalue weighted by atomic mass is 16.3. The molecule has 2 atom stereocenters. The average Bonchev–Trinajstić information content (AvgIpc) is 3.02. The number of rotatable bonds is 6. The summed E-state index contributed by atoms with van der Waals surface area (Å²) in [6, 6.07) is 7.21. The number of hydrogen-bond donors (Lipinski definition) is 2. The van der Waals surface area contributed by atoms with Crippen LogP contribution in [0.5, 0.6) is 0 Å². The van der Waals surface area contributed by atoms with Crippen molar-refractivity contribution in [1.29, 1.82) is 0 Å². The van der Waals surface area contributed by atoms with Gasteiger partial charge in [-0.1, -0.05) is 6.07 Å². The maximum absolute atomic E-state index is 12.0. The second-order valence-corrected chi connectivity index (χ2v) is 5.36. The minimum absolute atomic E-state index is 0.00514. The highest BCUT2D eigenvalue weighted by Gasteiger charge is 2.18. The summed E-state index contributed by atoms with van der Waals surface area (Å²) in [5, 5.41) is 5.78. The van der Waals surface area contributed by atoms with Crippen molar-refractivity contribution in [1.82, 2.24) is 20.5 Å². The van der Waals surface area contributed by atoms with Crippen molar-refractivity contribution in [2.45, 2.75) is 19.0 Å². The van der Waals surface area contributed by atoms with Gasteiger partial charge in [0.05, 0.1) is 18.3 Å². The van der Waals surface area contributed by atoms with E-state index in [1.165, 1.54) is 0 Å². The van der Waals surface area contributed by atoms with Crippen LogP contribution in [0, 0.1) is 0 Å². The average molecular weight is 302 g/mol. The Morgan fingerprint density at radius 1 is 1.36 bits per heavy atom. The fraction of sp³-hybridized carbons (Fsp3) is 0.375. The number of aromatic nitrogens is 1. The minimum Gasteiger partial charge on any atom is -0.468 e. The molecule has 22 heavy (non-hydrogen) atoms. The van der Waals surface area contributed by atoms with E-state index in [-0.39, 0.29) is 18.1 Å². The van der Waals surface area contributed by atoms with Crippen molar-refractivity contribution in [3.63, 3.8) is 0 Å².